The van der Waals surface area contributed by atoms with Crippen LogP contribution < -0.4 is 10.1 Å². The first-order valence-corrected chi connectivity index (χ1v) is 11.7. The van der Waals surface area contributed by atoms with E-state index in [0.717, 1.165) is 23.1 Å². The first-order chi connectivity index (χ1) is 16.5. The van der Waals surface area contributed by atoms with Crippen molar-refractivity contribution < 1.29 is 18.7 Å². The summed E-state index contributed by atoms with van der Waals surface area (Å²) in [6, 6.07) is 21.3. The van der Waals surface area contributed by atoms with Crippen molar-refractivity contribution >= 4 is 17.5 Å². The number of carbonyl (C=O) groups is 2. The Hall–Kier alpha value is -3.67. The predicted molar refractivity (Wildman–Crippen MR) is 130 cm³/mol. The van der Waals surface area contributed by atoms with Crippen LogP contribution in [0.2, 0.25) is 0 Å². The Morgan fingerprint density at radius 3 is 2.50 bits per heavy atom. The number of anilines is 1. The maximum Gasteiger partial charge on any atom is 0.264 e. The van der Waals surface area contributed by atoms with Crippen molar-refractivity contribution in [1.29, 1.82) is 0 Å². The summed E-state index contributed by atoms with van der Waals surface area (Å²) < 4.78 is 19.2. The van der Waals surface area contributed by atoms with E-state index in [1.165, 1.54) is 12.1 Å². The molecule has 1 N–H and O–H groups in total. The number of hydrogen-bond acceptors (Lipinski definition) is 3. The zero-order valence-electron chi connectivity index (χ0n) is 19.5. The van der Waals surface area contributed by atoms with E-state index in [0.29, 0.717) is 24.4 Å². The molecule has 1 aliphatic rings. The van der Waals surface area contributed by atoms with Crippen LogP contribution in [-0.2, 0) is 22.6 Å². The lowest BCUT2D eigenvalue weighted by Crippen LogP contribution is -2.41. The minimum Gasteiger partial charge on any atom is -0.480 e. The number of halogens is 1. The van der Waals surface area contributed by atoms with Crippen LogP contribution in [0.25, 0.3) is 0 Å². The second kappa shape index (κ2) is 10.5. The molecule has 176 valence electrons. The summed E-state index contributed by atoms with van der Waals surface area (Å²) in [5.41, 5.74) is 3.29. The molecule has 5 nitrogen and oxygen atoms in total. The molecule has 6 heteroatoms. The summed E-state index contributed by atoms with van der Waals surface area (Å²) >= 11 is 0. The van der Waals surface area contributed by atoms with Crippen LogP contribution in [0, 0.1) is 5.82 Å². The number of amides is 2. The molecule has 0 fully saturated rings. The standard InChI is InChI=1S/C28H29FN2O3/c1-3-24(20-8-6-5-7-9-20)31-18-21-17-23(14-15-26(21)34-25(4-2)28(31)33)30-27(32)16-19-10-12-22(29)13-11-19/h5-15,17,24-25H,3-4,16,18H2,1-2H3,(H,30,32)/t24-,25-/m1/s1. The van der Waals surface area contributed by atoms with Gasteiger partial charge in [-0.15, -0.1) is 0 Å². The topological polar surface area (TPSA) is 58.6 Å². The zero-order valence-corrected chi connectivity index (χ0v) is 19.5. The van der Waals surface area contributed by atoms with Crippen LogP contribution in [0.5, 0.6) is 5.75 Å². The highest BCUT2D eigenvalue weighted by atomic mass is 19.1. The van der Waals surface area contributed by atoms with Gasteiger partial charge in [0.15, 0.2) is 6.10 Å². The Morgan fingerprint density at radius 2 is 1.82 bits per heavy atom. The van der Waals surface area contributed by atoms with Crippen LogP contribution in [0.1, 0.15) is 49.4 Å². The normalized spacial score (nSPS) is 16.3. The zero-order chi connectivity index (χ0) is 24.1. The maximum absolute atomic E-state index is 13.4. The number of ether oxygens (including phenoxy) is 1. The Kier molecular flexibility index (Phi) is 7.26. The second-order valence-electron chi connectivity index (χ2n) is 8.49. The minimum absolute atomic E-state index is 0.0312. The van der Waals surface area contributed by atoms with Crippen molar-refractivity contribution in [2.24, 2.45) is 0 Å². The number of nitrogens with one attached hydrogen (secondary N) is 1. The molecular weight excluding hydrogens is 431 g/mol. The molecule has 0 unspecified atom stereocenters. The summed E-state index contributed by atoms with van der Waals surface area (Å²) in [6.07, 6.45) is 0.923. The molecule has 0 aliphatic carbocycles. The molecule has 4 rings (SSSR count). The van der Waals surface area contributed by atoms with Gasteiger partial charge in [-0.1, -0.05) is 56.3 Å². The molecule has 0 aromatic heterocycles. The molecule has 0 saturated heterocycles. The van der Waals surface area contributed by atoms with Crippen molar-refractivity contribution in [3.8, 4) is 5.75 Å². The summed E-state index contributed by atoms with van der Waals surface area (Å²) in [5.74, 6) is 0.0925. The molecule has 1 heterocycles. The minimum atomic E-state index is -0.557. The van der Waals surface area contributed by atoms with Gasteiger partial charge in [0.1, 0.15) is 11.6 Å². The van der Waals surface area contributed by atoms with Gasteiger partial charge in [0.25, 0.3) is 5.91 Å². The Balaban J connectivity index is 1.58. The van der Waals surface area contributed by atoms with Crippen molar-refractivity contribution in [1.82, 2.24) is 4.90 Å². The van der Waals surface area contributed by atoms with Crippen molar-refractivity contribution in [3.63, 3.8) is 0 Å². The van der Waals surface area contributed by atoms with Gasteiger partial charge in [-0.05, 0) is 54.3 Å². The SMILES string of the molecule is CC[C@H](c1ccccc1)N1Cc2cc(NC(=O)Cc3ccc(F)cc3)ccc2O[C@H](CC)C1=O. The lowest BCUT2D eigenvalue weighted by atomic mass is 10.0. The van der Waals surface area contributed by atoms with Gasteiger partial charge in [0.2, 0.25) is 5.91 Å². The van der Waals surface area contributed by atoms with Gasteiger partial charge >= 0.3 is 0 Å². The Labute approximate surface area is 199 Å². The van der Waals surface area contributed by atoms with Gasteiger partial charge in [-0.2, -0.15) is 0 Å². The average molecular weight is 461 g/mol. The molecule has 0 radical (unpaired) electrons. The molecule has 34 heavy (non-hydrogen) atoms. The van der Waals surface area contributed by atoms with Gasteiger partial charge in [-0.25, -0.2) is 4.39 Å². The van der Waals surface area contributed by atoms with E-state index in [1.54, 1.807) is 18.2 Å². The van der Waals surface area contributed by atoms with Gasteiger partial charge in [0.05, 0.1) is 19.0 Å². The predicted octanol–water partition coefficient (Wildman–Crippen LogP) is 5.66. The van der Waals surface area contributed by atoms with Crippen molar-refractivity contribution in [2.45, 2.75) is 51.8 Å². The smallest absolute Gasteiger partial charge is 0.264 e. The lowest BCUT2D eigenvalue weighted by Gasteiger charge is -2.32. The molecule has 0 spiro atoms. The molecule has 1 aliphatic heterocycles. The lowest BCUT2D eigenvalue weighted by molar-refractivity contribution is -0.141. The van der Waals surface area contributed by atoms with E-state index in [9.17, 15) is 14.0 Å². The van der Waals surface area contributed by atoms with Crippen LogP contribution >= 0.6 is 0 Å². The first kappa shape index (κ1) is 23.5. The fourth-order valence-corrected chi connectivity index (χ4v) is 4.37. The van der Waals surface area contributed by atoms with Crippen LogP contribution in [0.3, 0.4) is 0 Å². The second-order valence-corrected chi connectivity index (χ2v) is 8.49. The van der Waals surface area contributed by atoms with Gasteiger partial charge < -0.3 is 15.0 Å². The summed E-state index contributed by atoms with van der Waals surface area (Å²) in [6.45, 7) is 4.41. The highest BCUT2D eigenvalue weighted by molar-refractivity contribution is 5.92. The van der Waals surface area contributed by atoms with E-state index in [4.69, 9.17) is 4.74 Å². The third kappa shape index (κ3) is 5.28. The Morgan fingerprint density at radius 1 is 1.09 bits per heavy atom. The molecule has 0 bridgehead atoms. The molecule has 0 saturated carbocycles. The number of hydrogen-bond donors (Lipinski definition) is 1. The van der Waals surface area contributed by atoms with Crippen molar-refractivity contribution in [2.75, 3.05) is 5.32 Å². The Bertz CT molecular complexity index is 1150. The highest BCUT2D eigenvalue weighted by Crippen LogP contribution is 2.34. The maximum atomic E-state index is 13.4. The van der Waals surface area contributed by atoms with E-state index >= 15 is 0 Å². The van der Waals surface area contributed by atoms with Crippen molar-refractivity contribution in [3.05, 3.63) is 95.3 Å². The summed E-state index contributed by atoms with van der Waals surface area (Å²) in [4.78, 5) is 27.9. The van der Waals surface area contributed by atoms with Crippen LogP contribution in [-0.4, -0.2) is 22.8 Å². The van der Waals surface area contributed by atoms with E-state index in [2.05, 4.69) is 12.2 Å². The number of fused-ring (bicyclic) bond motifs is 1. The average Bonchev–Trinajstić information content (AvgIpc) is 2.98. The number of rotatable bonds is 7. The van der Waals surface area contributed by atoms with E-state index in [1.807, 2.05) is 54.3 Å². The quantitative estimate of drug-likeness (QED) is 0.495. The van der Waals surface area contributed by atoms with Gasteiger partial charge in [-0.3, -0.25) is 9.59 Å². The number of carbonyl (C=O) groups excluding carboxylic acids is 2. The monoisotopic (exact) mass is 460 g/mol. The molecular formula is C28H29FN2O3. The first-order valence-electron chi connectivity index (χ1n) is 11.7. The van der Waals surface area contributed by atoms with Crippen LogP contribution in [0.4, 0.5) is 10.1 Å². The third-order valence-corrected chi connectivity index (χ3v) is 6.11. The molecule has 3 aromatic carbocycles. The number of nitrogens with zero attached hydrogens (tertiary/aromatic N) is 1. The molecule has 3 aromatic rings. The highest BCUT2D eigenvalue weighted by Gasteiger charge is 2.34. The summed E-state index contributed by atoms with van der Waals surface area (Å²) in [5, 5.41) is 2.91. The van der Waals surface area contributed by atoms with E-state index < -0.39 is 6.10 Å². The third-order valence-electron chi connectivity index (χ3n) is 6.11. The fraction of sp³-hybridized carbons (Fsp3) is 0.286. The largest absolute Gasteiger partial charge is 0.480 e. The fourth-order valence-electron chi connectivity index (χ4n) is 4.37. The van der Waals surface area contributed by atoms with Gasteiger partial charge in [0, 0.05) is 11.3 Å². The molecule has 2 atom stereocenters. The molecule has 2 amide bonds. The van der Waals surface area contributed by atoms with Crippen LogP contribution in [0.15, 0.2) is 72.8 Å². The summed E-state index contributed by atoms with van der Waals surface area (Å²) in [7, 11) is 0. The number of benzene rings is 3. The van der Waals surface area contributed by atoms with E-state index in [-0.39, 0.29) is 30.1 Å².